The Hall–Kier alpha value is -4.93. The van der Waals surface area contributed by atoms with Gasteiger partial charge in [0, 0.05) is 25.9 Å². The highest BCUT2D eigenvalue weighted by Gasteiger charge is 2.53. The summed E-state index contributed by atoms with van der Waals surface area (Å²) in [7, 11) is 1.12. The van der Waals surface area contributed by atoms with E-state index >= 15 is 0 Å². The zero-order chi connectivity index (χ0) is 38.2. The average molecular weight is 749 g/mol. The first-order valence-corrected chi connectivity index (χ1v) is 16.6. The van der Waals surface area contributed by atoms with E-state index in [4.69, 9.17) is 22.3 Å². The number of benzene rings is 2. The molecule has 0 bridgehead atoms. The summed E-state index contributed by atoms with van der Waals surface area (Å²) in [5.41, 5.74) is 6.32. The van der Waals surface area contributed by atoms with Crippen LogP contribution >= 0.6 is 11.6 Å². The summed E-state index contributed by atoms with van der Waals surface area (Å²) in [5, 5.41) is 15.4. The van der Waals surface area contributed by atoms with Gasteiger partial charge in [0.15, 0.2) is 17.3 Å². The van der Waals surface area contributed by atoms with Crippen molar-refractivity contribution in [1.29, 1.82) is 0 Å². The molecule has 18 heteroatoms. The van der Waals surface area contributed by atoms with Gasteiger partial charge in [-0.1, -0.05) is 62.7 Å². The predicted octanol–water partition coefficient (Wildman–Crippen LogP) is 6.25. The van der Waals surface area contributed by atoms with Gasteiger partial charge in [-0.3, -0.25) is 19.5 Å². The Morgan fingerprint density at radius 1 is 1.17 bits per heavy atom. The van der Waals surface area contributed by atoms with E-state index in [9.17, 15) is 31.5 Å². The van der Waals surface area contributed by atoms with Gasteiger partial charge in [-0.05, 0) is 47.9 Å². The maximum atomic E-state index is 14.9. The lowest BCUT2D eigenvalue weighted by Crippen LogP contribution is -2.49. The molecule has 2 amide bonds. The van der Waals surface area contributed by atoms with Crippen LogP contribution in [0.1, 0.15) is 69.7 Å². The predicted molar refractivity (Wildman–Crippen MR) is 187 cm³/mol. The van der Waals surface area contributed by atoms with Crippen LogP contribution in [0.15, 0.2) is 63.7 Å². The maximum Gasteiger partial charge on any atom is 0.397 e. The molecule has 5 rings (SSSR count). The monoisotopic (exact) mass is 748 g/mol. The Labute approximate surface area is 301 Å². The third-order valence-electron chi connectivity index (χ3n) is 8.48. The fraction of sp³-hybridized carbons (Fsp3) is 0.441. The van der Waals surface area contributed by atoms with Crippen molar-refractivity contribution in [3.05, 3.63) is 64.8 Å². The number of aliphatic imine (C=N–C) groups is 2. The number of alkyl halides is 5. The summed E-state index contributed by atoms with van der Waals surface area (Å²) in [6, 6.07) is 10.1. The van der Waals surface area contributed by atoms with Gasteiger partial charge < -0.3 is 11.1 Å². The van der Waals surface area contributed by atoms with Crippen molar-refractivity contribution < 1.29 is 31.5 Å². The number of guanidine groups is 1. The summed E-state index contributed by atoms with van der Waals surface area (Å²) < 4.78 is 67.2. The minimum absolute atomic E-state index is 0.0634. The molecular formula is C34H38ClF5N10O2. The number of hydrazone groups is 1. The second-order valence-electron chi connectivity index (χ2n) is 13.8. The van der Waals surface area contributed by atoms with E-state index < -0.39 is 60.2 Å². The van der Waals surface area contributed by atoms with Crippen LogP contribution < -0.4 is 16.1 Å². The maximum absolute atomic E-state index is 14.9. The number of amides is 2. The molecule has 2 aliphatic rings. The fourth-order valence-electron chi connectivity index (χ4n) is 6.15. The van der Waals surface area contributed by atoms with Gasteiger partial charge in [0.25, 0.3) is 12.3 Å². The van der Waals surface area contributed by atoms with Crippen molar-refractivity contribution in [2.24, 2.45) is 26.2 Å². The Bertz CT molecular complexity index is 1890. The van der Waals surface area contributed by atoms with E-state index in [1.807, 2.05) is 20.8 Å². The number of rotatable bonds is 12. The molecule has 3 N–H and O–H groups in total. The van der Waals surface area contributed by atoms with Gasteiger partial charge in [0.05, 0.1) is 29.0 Å². The highest BCUT2D eigenvalue weighted by molar-refractivity contribution is 6.34. The molecule has 2 aromatic carbocycles. The third kappa shape index (κ3) is 8.24. The molecule has 0 spiro atoms. The smallest absolute Gasteiger partial charge is 0.369 e. The largest absolute Gasteiger partial charge is 0.397 e. The number of nitrogens with two attached hydrogens (primary N) is 1. The molecule has 0 radical (unpaired) electrons. The first-order chi connectivity index (χ1) is 24.4. The minimum Gasteiger partial charge on any atom is -0.369 e. The van der Waals surface area contributed by atoms with Gasteiger partial charge in [0.1, 0.15) is 12.1 Å². The van der Waals surface area contributed by atoms with E-state index in [0.29, 0.717) is 16.3 Å². The SMILES string of the molecule is C=NN(C(=NC)C(F)F)c1cc([C@@H](CNC(=O)CC(F)(F)F)N2C(=O)[C@@](CC(C)(C)C)(c3ccc(-c4cnn(C5CC5)n4)cc3)N=C2N)ccc1Cl. The summed E-state index contributed by atoms with van der Waals surface area (Å²) in [5.74, 6) is -3.07. The van der Waals surface area contributed by atoms with Gasteiger partial charge in [0.2, 0.25) is 5.91 Å². The van der Waals surface area contributed by atoms with Crippen molar-refractivity contribution in [3.8, 4) is 11.3 Å². The lowest BCUT2D eigenvalue weighted by atomic mass is 9.75. The van der Waals surface area contributed by atoms with Crippen LogP contribution in [-0.2, 0) is 15.1 Å². The fourth-order valence-corrected chi connectivity index (χ4v) is 6.35. The van der Waals surface area contributed by atoms with Crippen LogP contribution in [0.4, 0.5) is 27.6 Å². The van der Waals surface area contributed by atoms with E-state index in [0.717, 1.165) is 30.4 Å². The van der Waals surface area contributed by atoms with E-state index in [1.165, 1.54) is 18.2 Å². The van der Waals surface area contributed by atoms with Crippen LogP contribution in [0.25, 0.3) is 11.3 Å². The number of anilines is 1. The number of amidine groups is 1. The minimum atomic E-state index is -4.81. The molecule has 278 valence electrons. The number of hydrogen-bond acceptors (Lipinski definition) is 8. The van der Waals surface area contributed by atoms with Crippen LogP contribution in [0.2, 0.25) is 5.02 Å². The van der Waals surface area contributed by atoms with Crippen LogP contribution in [0.5, 0.6) is 0 Å². The van der Waals surface area contributed by atoms with Gasteiger partial charge in [-0.25, -0.2) is 18.8 Å². The summed E-state index contributed by atoms with van der Waals surface area (Å²) >= 11 is 6.41. The third-order valence-corrected chi connectivity index (χ3v) is 8.80. The molecule has 2 atom stereocenters. The molecule has 1 fully saturated rings. The Balaban J connectivity index is 1.58. The molecule has 2 heterocycles. The molecular weight excluding hydrogens is 711 g/mol. The van der Waals surface area contributed by atoms with E-state index in [-0.39, 0.29) is 34.7 Å². The topological polar surface area (TPSA) is 146 Å². The quantitative estimate of drug-likeness (QED) is 0.0970. The molecule has 1 aromatic heterocycles. The standard InChI is InChI=1S/C34H38ClF5N10O2/c1-32(2,3)18-33(21-9-6-19(7-10-21)24-16-45-50(47-24)22-11-12-22)30(52)48(31(41)46-33)26(17-44-27(51)15-34(38,39)40)20-8-13-23(35)25(14-20)49(43-5)29(42-4)28(36)37/h6-10,13-14,16,22,26,28H,5,11-12,15,17-18H2,1-4H3,(H2,41,46)(H,44,51)/t26-,33-/m1/s1. The number of carbonyl (C=O) groups excluding carboxylic acids is 2. The zero-order valence-electron chi connectivity index (χ0n) is 28.8. The Morgan fingerprint density at radius 2 is 1.85 bits per heavy atom. The van der Waals surface area contributed by atoms with Crippen molar-refractivity contribution in [1.82, 2.24) is 25.2 Å². The number of halogens is 6. The van der Waals surface area contributed by atoms with Crippen molar-refractivity contribution >= 4 is 47.6 Å². The first-order valence-electron chi connectivity index (χ1n) is 16.2. The number of aromatic nitrogens is 3. The van der Waals surface area contributed by atoms with Gasteiger partial charge >= 0.3 is 6.18 Å². The Morgan fingerprint density at radius 3 is 2.40 bits per heavy atom. The average Bonchev–Trinajstić information content (AvgIpc) is 3.73. The molecule has 3 aromatic rings. The highest BCUT2D eigenvalue weighted by Crippen LogP contribution is 2.45. The lowest BCUT2D eigenvalue weighted by molar-refractivity contribution is -0.154. The highest BCUT2D eigenvalue weighted by atomic mass is 35.5. The van der Waals surface area contributed by atoms with E-state index in [1.54, 1.807) is 35.3 Å². The van der Waals surface area contributed by atoms with Gasteiger partial charge in [-0.15, -0.1) is 0 Å². The summed E-state index contributed by atoms with van der Waals surface area (Å²) in [6.45, 7) is 8.52. The van der Waals surface area contributed by atoms with Gasteiger partial charge in [-0.2, -0.15) is 33.3 Å². The van der Waals surface area contributed by atoms with Crippen molar-refractivity contribution in [2.45, 2.75) is 76.7 Å². The number of nitrogens with zero attached hydrogens (tertiary/aromatic N) is 8. The van der Waals surface area contributed by atoms with Crippen LogP contribution in [0, 0.1) is 5.41 Å². The van der Waals surface area contributed by atoms with Crippen molar-refractivity contribution in [2.75, 3.05) is 18.6 Å². The summed E-state index contributed by atoms with van der Waals surface area (Å²) in [6.07, 6.45) is -5.84. The molecule has 12 nitrogen and oxygen atoms in total. The molecule has 0 saturated heterocycles. The second-order valence-corrected chi connectivity index (χ2v) is 14.2. The van der Waals surface area contributed by atoms with Crippen molar-refractivity contribution in [3.63, 3.8) is 0 Å². The first kappa shape index (κ1) is 38.3. The molecule has 52 heavy (non-hydrogen) atoms. The number of nitrogens with one attached hydrogen (secondary N) is 1. The number of hydrogen-bond donors (Lipinski definition) is 2. The molecule has 0 unspecified atom stereocenters. The molecule has 1 saturated carbocycles. The molecule has 1 aliphatic heterocycles. The number of carbonyl (C=O) groups is 2. The normalized spacial score (nSPS) is 18.8. The van der Waals surface area contributed by atoms with E-state index in [2.05, 4.69) is 32.3 Å². The summed E-state index contributed by atoms with van der Waals surface area (Å²) in [4.78, 5) is 38.4. The van der Waals surface area contributed by atoms with Crippen LogP contribution in [-0.4, -0.2) is 76.4 Å². The second kappa shape index (κ2) is 14.6. The lowest BCUT2D eigenvalue weighted by Gasteiger charge is -2.35. The van der Waals surface area contributed by atoms with Crippen LogP contribution in [0.3, 0.4) is 0 Å². The zero-order valence-corrected chi connectivity index (χ0v) is 29.6. The molecule has 1 aliphatic carbocycles. The Kier molecular flexibility index (Phi) is 10.8.